The van der Waals surface area contributed by atoms with Gasteiger partial charge in [-0.2, -0.15) is 0 Å². The van der Waals surface area contributed by atoms with Crippen LogP contribution in [0.25, 0.3) is 0 Å². The molecule has 10 N–H and O–H groups in total. The zero-order valence-corrected chi connectivity index (χ0v) is 31.3. The number of aliphatic carboxylic acids is 4. The van der Waals surface area contributed by atoms with Crippen molar-refractivity contribution >= 4 is 53.2 Å². The number of rotatable bonds is 24. The van der Waals surface area contributed by atoms with E-state index in [9.17, 15) is 38.4 Å². The number of hydrogen-bond donors (Lipinski definition) is 9. The van der Waals surface area contributed by atoms with Crippen molar-refractivity contribution in [1.29, 1.82) is 0 Å². The SMILES string of the molecule is N[C@H](Cc1ccc(NC(=O)c2ccccc2)cc1)C(=O)NNC(=O)c1ccc(CNC(=O)CN(CCN(CC(=O)O)CC(=O)O)CCN(CC(=O)O)CC(=O)O)cc1. The highest BCUT2D eigenvalue weighted by atomic mass is 16.4. The van der Waals surface area contributed by atoms with E-state index in [1.165, 1.54) is 17.0 Å². The van der Waals surface area contributed by atoms with Gasteiger partial charge < -0.3 is 36.8 Å². The van der Waals surface area contributed by atoms with Crippen LogP contribution >= 0.6 is 0 Å². The zero-order chi connectivity index (χ0) is 42.6. The monoisotopic (exact) mass is 806 g/mol. The van der Waals surface area contributed by atoms with Crippen LogP contribution in [0.4, 0.5) is 5.69 Å². The number of carboxylic acid groups (broad SMARTS) is 4. The number of anilines is 1. The predicted molar refractivity (Wildman–Crippen MR) is 206 cm³/mol. The number of carbonyl (C=O) groups is 8. The minimum atomic E-state index is -1.26. The first-order valence-corrected chi connectivity index (χ1v) is 17.8. The lowest BCUT2D eigenvalue weighted by atomic mass is 10.1. The Balaban J connectivity index is 1.49. The van der Waals surface area contributed by atoms with Crippen molar-refractivity contribution in [2.24, 2.45) is 5.73 Å². The number of amides is 4. The normalized spacial score (nSPS) is 11.4. The van der Waals surface area contributed by atoms with E-state index in [-0.39, 0.29) is 57.2 Å². The summed E-state index contributed by atoms with van der Waals surface area (Å²) >= 11 is 0. The van der Waals surface area contributed by atoms with Crippen molar-refractivity contribution < 1.29 is 58.8 Å². The van der Waals surface area contributed by atoms with E-state index in [0.29, 0.717) is 16.8 Å². The summed E-state index contributed by atoms with van der Waals surface area (Å²) < 4.78 is 0. The molecule has 0 bridgehead atoms. The van der Waals surface area contributed by atoms with Gasteiger partial charge in [0.2, 0.25) is 5.91 Å². The van der Waals surface area contributed by atoms with E-state index in [1.807, 2.05) is 6.07 Å². The number of carbonyl (C=O) groups excluding carboxylic acids is 4. The van der Waals surface area contributed by atoms with Crippen molar-refractivity contribution in [2.45, 2.75) is 19.0 Å². The summed E-state index contributed by atoms with van der Waals surface area (Å²) in [6.07, 6.45) is 0.147. The van der Waals surface area contributed by atoms with Crippen LogP contribution in [0, 0.1) is 0 Å². The molecular formula is C38H46N8O12. The molecular weight excluding hydrogens is 760 g/mol. The third-order valence-corrected chi connectivity index (χ3v) is 8.31. The Morgan fingerprint density at radius 1 is 0.534 bits per heavy atom. The summed E-state index contributed by atoms with van der Waals surface area (Å²) in [7, 11) is 0. The summed E-state index contributed by atoms with van der Waals surface area (Å²) in [5, 5.41) is 42.1. The molecule has 0 saturated heterocycles. The lowest BCUT2D eigenvalue weighted by Gasteiger charge is -2.28. The first kappa shape index (κ1) is 45.6. The molecule has 20 heteroatoms. The molecule has 0 unspecified atom stereocenters. The Kier molecular flexibility index (Phi) is 18.4. The van der Waals surface area contributed by atoms with E-state index < -0.39 is 73.8 Å². The average Bonchev–Trinajstić information content (AvgIpc) is 3.17. The molecule has 0 aliphatic carbocycles. The maximum Gasteiger partial charge on any atom is 0.317 e. The summed E-state index contributed by atoms with van der Waals surface area (Å²) in [6.45, 7) is -2.75. The molecule has 3 aromatic rings. The van der Waals surface area contributed by atoms with Crippen molar-refractivity contribution in [1.82, 2.24) is 30.9 Å². The number of hydrazine groups is 1. The lowest BCUT2D eigenvalue weighted by molar-refractivity contribution is -0.143. The number of hydrogen-bond acceptors (Lipinski definition) is 12. The molecule has 0 spiro atoms. The van der Waals surface area contributed by atoms with Gasteiger partial charge in [0.1, 0.15) is 0 Å². The fourth-order valence-electron chi connectivity index (χ4n) is 5.41. The molecule has 4 amide bonds. The molecule has 0 aromatic heterocycles. The van der Waals surface area contributed by atoms with E-state index in [2.05, 4.69) is 21.5 Å². The van der Waals surface area contributed by atoms with Gasteiger partial charge in [0.15, 0.2) is 0 Å². The molecule has 58 heavy (non-hydrogen) atoms. The van der Waals surface area contributed by atoms with E-state index >= 15 is 0 Å². The Bertz CT molecular complexity index is 1820. The maximum atomic E-state index is 12.9. The second kappa shape index (κ2) is 23.4. The van der Waals surface area contributed by atoms with Crippen LogP contribution in [0.2, 0.25) is 0 Å². The lowest BCUT2D eigenvalue weighted by Crippen LogP contribution is -2.50. The topological polar surface area (TPSA) is 301 Å². The number of benzene rings is 3. The molecule has 310 valence electrons. The fourth-order valence-corrected chi connectivity index (χ4v) is 5.41. The smallest absolute Gasteiger partial charge is 0.317 e. The summed E-state index contributed by atoms with van der Waals surface area (Å²) in [6, 6.07) is 20.6. The molecule has 0 heterocycles. The Hall–Kier alpha value is -6.74. The van der Waals surface area contributed by atoms with Crippen LogP contribution in [0.5, 0.6) is 0 Å². The van der Waals surface area contributed by atoms with Crippen molar-refractivity contribution in [3.8, 4) is 0 Å². The molecule has 1 atom stereocenters. The Morgan fingerprint density at radius 2 is 1.00 bits per heavy atom. The Labute approximate surface area is 332 Å². The van der Waals surface area contributed by atoms with Crippen LogP contribution in [0.3, 0.4) is 0 Å². The molecule has 0 saturated carbocycles. The first-order chi connectivity index (χ1) is 27.6. The quantitative estimate of drug-likeness (QED) is 0.0497. The van der Waals surface area contributed by atoms with Gasteiger partial charge in [-0.1, -0.05) is 42.5 Å². The molecule has 0 radical (unpaired) electrons. The highest BCUT2D eigenvalue weighted by Gasteiger charge is 2.20. The molecule has 0 aliphatic rings. The van der Waals surface area contributed by atoms with Crippen LogP contribution in [0.15, 0.2) is 78.9 Å². The van der Waals surface area contributed by atoms with Crippen molar-refractivity contribution in [3.63, 3.8) is 0 Å². The minimum Gasteiger partial charge on any atom is -0.480 e. The number of carboxylic acids is 4. The molecule has 3 aromatic carbocycles. The summed E-state index contributed by atoms with van der Waals surface area (Å²) in [5.41, 5.74) is 13.2. The number of nitrogens with one attached hydrogen (secondary N) is 4. The van der Waals surface area contributed by atoms with Crippen molar-refractivity contribution in [3.05, 3.63) is 101 Å². The highest BCUT2D eigenvalue weighted by Crippen LogP contribution is 2.13. The molecule has 0 fully saturated rings. The van der Waals surface area contributed by atoms with E-state index in [0.717, 1.165) is 15.4 Å². The van der Waals surface area contributed by atoms with Gasteiger partial charge >= 0.3 is 23.9 Å². The van der Waals surface area contributed by atoms with Gasteiger partial charge in [-0.05, 0) is 53.9 Å². The Morgan fingerprint density at radius 3 is 1.50 bits per heavy atom. The minimum absolute atomic E-state index is 0.00321. The van der Waals surface area contributed by atoms with Crippen LogP contribution in [0.1, 0.15) is 31.8 Å². The van der Waals surface area contributed by atoms with E-state index in [4.69, 9.17) is 26.2 Å². The third kappa shape index (κ3) is 17.4. The molecule has 3 rings (SSSR count). The number of nitrogens with two attached hydrogens (primary N) is 1. The van der Waals surface area contributed by atoms with Crippen molar-refractivity contribution in [2.75, 3.05) is 64.2 Å². The summed E-state index contributed by atoms with van der Waals surface area (Å²) in [5.74, 6) is -7.10. The van der Waals surface area contributed by atoms with Gasteiger partial charge in [0.05, 0.1) is 38.8 Å². The predicted octanol–water partition coefficient (Wildman–Crippen LogP) is -0.869. The second-order valence-electron chi connectivity index (χ2n) is 13.0. The second-order valence-corrected chi connectivity index (χ2v) is 13.0. The van der Waals surface area contributed by atoms with Gasteiger partial charge in [-0.15, -0.1) is 0 Å². The summed E-state index contributed by atoms with van der Waals surface area (Å²) in [4.78, 5) is 99.3. The molecule has 0 aliphatic heterocycles. The van der Waals surface area contributed by atoms with Crippen LogP contribution < -0.4 is 27.2 Å². The first-order valence-electron chi connectivity index (χ1n) is 17.8. The largest absolute Gasteiger partial charge is 0.480 e. The maximum absolute atomic E-state index is 12.9. The molecule has 20 nitrogen and oxygen atoms in total. The standard InChI is InChI=1S/C38H46N8O12/c39-30(18-25-8-12-29(13-9-25)41-36(56)27-4-2-1-3-5-27)38(58)43-42-37(57)28-10-6-26(7-11-28)19-40-31(47)20-44(14-16-45(21-32(48)49)22-33(50)51)15-17-46(23-34(52)53)24-35(54)55/h1-13,30H,14-24,39H2,(H,40,47)(H,41,56)(H,42,57)(H,43,58)(H,48,49)(H,50,51)(H,52,53)(H,54,55)/t30-/m1/s1. The van der Waals surface area contributed by atoms with E-state index in [1.54, 1.807) is 60.7 Å². The van der Waals surface area contributed by atoms with Gasteiger partial charge in [0, 0.05) is 49.5 Å². The number of nitrogens with zero attached hydrogens (tertiary/aromatic N) is 3. The third-order valence-electron chi connectivity index (χ3n) is 8.31. The van der Waals surface area contributed by atoms with Gasteiger partial charge in [-0.25, -0.2) is 0 Å². The highest BCUT2D eigenvalue weighted by molar-refractivity contribution is 6.04. The fraction of sp³-hybridized carbons (Fsp3) is 0.316. The van der Waals surface area contributed by atoms with Crippen LogP contribution in [-0.4, -0.2) is 148 Å². The van der Waals surface area contributed by atoms with Gasteiger partial charge in [-0.3, -0.25) is 63.9 Å². The van der Waals surface area contributed by atoms with Crippen LogP contribution in [-0.2, 0) is 41.7 Å². The van der Waals surface area contributed by atoms with Gasteiger partial charge in [0.25, 0.3) is 17.7 Å². The zero-order valence-electron chi connectivity index (χ0n) is 31.3. The average molecular weight is 807 g/mol.